The van der Waals surface area contributed by atoms with E-state index in [9.17, 15) is 30.8 Å². The number of ether oxygens (including phenoxy) is 1. The molecule has 0 aliphatic carbocycles. The van der Waals surface area contributed by atoms with Crippen molar-refractivity contribution < 1.29 is 39.9 Å². The van der Waals surface area contributed by atoms with Crippen molar-refractivity contribution in [3.05, 3.63) is 78.4 Å². The van der Waals surface area contributed by atoms with Crippen LogP contribution in [0.2, 0.25) is 0 Å². The fourth-order valence-electron chi connectivity index (χ4n) is 4.42. The molecule has 2 aromatic carbocycles. The molecule has 1 atom stereocenters. The van der Waals surface area contributed by atoms with Crippen molar-refractivity contribution in [1.29, 1.82) is 0 Å². The molecule has 5 rings (SSSR count). The summed E-state index contributed by atoms with van der Waals surface area (Å²) in [6.07, 6.45) is -2.52. The van der Waals surface area contributed by atoms with Crippen molar-refractivity contribution in [1.82, 2.24) is 14.6 Å². The van der Waals surface area contributed by atoms with E-state index in [0.29, 0.717) is 35.0 Å². The van der Waals surface area contributed by atoms with Crippen LogP contribution in [-0.2, 0) is 21.4 Å². The van der Waals surface area contributed by atoms with Gasteiger partial charge in [-0.15, -0.1) is 13.2 Å². The molecule has 0 bridgehead atoms. The van der Waals surface area contributed by atoms with Gasteiger partial charge in [0.25, 0.3) is 10.0 Å². The van der Waals surface area contributed by atoms with Crippen LogP contribution < -0.4 is 10.1 Å². The Labute approximate surface area is 220 Å². The van der Waals surface area contributed by atoms with Gasteiger partial charge < -0.3 is 14.5 Å². The molecule has 0 spiro atoms. The maximum Gasteiger partial charge on any atom is 0.573 e. The molecular weight excluding hydrogens is 542 g/mol. The number of fused-ring (bicyclic) bond motifs is 1. The topological polar surface area (TPSA) is 102 Å². The number of nitrogens with one attached hydrogen (secondary N) is 1. The third-order valence-corrected chi connectivity index (χ3v) is 7.97. The lowest BCUT2D eigenvalue weighted by atomic mass is 10.1. The molecule has 204 valence electrons. The van der Waals surface area contributed by atoms with E-state index in [-0.39, 0.29) is 29.5 Å². The SMILES string of the molecule is O=C(NCc1cc(-c2ccc(OC(F)(F)F)cc2)ccn1)C1CCCN1S(=O)(=O)c1cc2cc(F)ccc2o1. The van der Waals surface area contributed by atoms with Crippen LogP contribution in [0.3, 0.4) is 0 Å². The molecule has 4 aromatic rings. The number of carbonyl (C=O) groups excluding carboxylic acids is 1. The minimum atomic E-state index is -4.79. The van der Waals surface area contributed by atoms with Gasteiger partial charge in [-0.3, -0.25) is 9.78 Å². The number of benzene rings is 2. The first-order chi connectivity index (χ1) is 18.5. The number of hydrogen-bond donors (Lipinski definition) is 1. The highest BCUT2D eigenvalue weighted by molar-refractivity contribution is 7.89. The van der Waals surface area contributed by atoms with Crippen LogP contribution in [0.4, 0.5) is 17.6 Å². The van der Waals surface area contributed by atoms with E-state index in [1.807, 2.05) is 0 Å². The van der Waals surface area contributed by atoms with E-state index >= 15 is 0 Å². The Morgan fingerprint density at radius 2 is 1.85 bits per heavy atom. The number of halogens is 4. The lowest BCUT2D eigenvalue weighted by Gasteiger charge is -2.22. The number of furan rings is 1. The summed E-state index contributed by atoms with van der Waals surface area (Å²) in [5, 5.41) is 2.63. The third-order valence-electron chi connectivity index (χ3n) is 6.21. The third kappa shape index (κ3) is 5.88. The molecule has 1 aliphatic heterocycles. The second-order valence-electron chi connectivity index (χ2n) is 8.85. The Balaban J connectivity index is 1.26. The summed E-state index contributed by atoms with van der Waals surface area (Å²) in [6.45, 7) is 0.115. The number of amides is 1. The fourth-order valence-corrected chi connectivity index (χ4v) is 6.03. The van der Waals surface area contributed by atoms with Crippen LogP contribution in [0.25, 0.3) is 22.1 Å². The zero-order valence-corrected chi connectivity index (χ0v) is 20.9. The van der Waals surface area contributed by atoms with Gasteiger partial charge in [0, 0.05) is 24.2 Å². The van der Waals surface area contributed by atoms with Gasteiger partial charge >= 0.3 is 6.36 Å². The summed E-state index contributed by atoms with van der Waals surface area (Å²) in [5.74, 6) is -1.39. The first-order valence-electron chi connectivity index (χ1n) is 11.8. The van der Waals surface area contributed by atoms with Gasteiger partial charge in [-0.05, 0) is 66.4 Å². The van der Waals surface area contributed by atoms with Gasteiger partial charge in [0.2, 0.25) is 11.0 Å². The monoisotopic (exact) mass is 563 g/mol. The van der Waals surface area contributed by atoms with Crippen LogP contribution in [0.15, 0.2) is 76.4 Å². The van der Waals surface area contributed by atoms with Gasteiger partial charge in [0.05, 0.1) is 12.2 Å². The Hall–Kier alpha value is -3.97. The Morgan fingerprint density at radius 1 is 1.08 bits per heavy atom. The summed E-state index contributed by atoms with van der Waals surface area (Å²) >= 11 is 0. The van der Waals surface area contributed by atoms with Gasteiger partial charge in [-0.2, -0.15) is 4.31 Å². The maximum atomic E-state index is 13.5. The molecule has 8 nitrogen and oxygen atoms in total. The van der Waals surface area contributed by atoms with E-state index in [1.165, 1.54) is 42.6 Å². The van der Waals surface area contributed by atoms with Crippen molar-refractivity contribution >= 4 is 26.9 Å². The van der Waals surface area contributed by atoms with Crippen LogP contribution >= 0.6 is 0 Å². The molecule has 1 unspecified atom stereocenters. The molecule has 2 aromatic heterocycles. The molecule has 1 N–H and O–H groups in total. The molecule has 13 heteroatoms. The molecular formula is C26H21F4N3O5S. The number of hydrogen-bond acceptors (Lipinski definition) is 6. The zero-order chi connectivity index (χ0) is 27.8. The highest BCUT2D eigenvalue weighted by Crippen LogP contribution is 2.31. The molecule has 1 saturated heterocycles. The normalized spacial score (nSPS) is 16.5. The number of rotatable bonds is 7. The summed E-state index contributed by atoms with van der Waals surface area (Å²) < 4.78 is 87.6. The average Bonchev–Trinajstić information content (AvgIpc) is 3.55. The van der Waals surface area contributed by atoms with Gasteiger partial charge in [-0.1, -0.05) is 12.1 Å². The van der Waals surface area contributed by atoms with Crippen molar-refractivity contribution in [2.24, 2.45) is 0 Å². The fraction of sp³-hybridized carbons (Fsp3) is 0.231. The smallest absolute Gasteiger partial charge is 0.443 e. The summed E-state index contributed by atoms with van der Waals surface area (Å²) in [7, 11) is -4.16. The Bertz CT molecular complexity index is 1620. The van der Waals surface area contributed by atoms with Crippen molar-refractivity contribution in [2.45, 2.75) is 36.9 Å². The predicted molar refractivity (Wildman–Crippen MR) is 131 cm³/mol. The number of carbonyl (C=O) groups is 1. The van der Waals surface area contributed by atoms with E-state index in [1.54, 1.807) is 12.1 Å². The van der Waals surface area contributed by atoms with Crippen molar-refractivity contribution in [2.75, 3.05) is 6.54 Å². The highest BCUT2D eigenvalue weighted by atomic mass is 32.2. The molecule has 0 saturated carbocycles. The van der Waals surface area contributed by atoms with Crippen LogP contribution in [0, 0.1) is 5.82 Å². The Morgan fingerprint density at radius 3 is 2.59 bits per heavy atom. The lowest BCUT2D eigenvalue weighted by Crippen LogP contribution is -2.45. The van der Waals surface area contributed by atoms with E-state index in [0.717, 1.165) is 16.4 Å². The van der Waals surface area contributed by atoms with E-state index in [2.05, 4.69) is 15.0 Å². The van der Waals surface area contributed by atoms with E-state index < -0.39 is 34.2 Å². The second kappa shape index (κ2) is 10.3. The number of aromatic nitrogens is 1. The number of pyridine rings is 1. The minimum Gasteiger partial charge on any atom is -0.443 e. The zero-order valence-electron chi connectivity index (χ0n) is 20.1. The number of alkyl halides is 3. The van der Waals surface area contributed by atoms with E-state index in [4.69, 9.17) is 4.42 Å². The first-order valence-corrected chi connectivity index (χ1v) is 13.2. The Kier molecular flexibility index (Phi) is 7.03. The largest absolute Gasteiger partial charge is 0.573 e. The summed E-state index contributed by atoms with van der Waals surface area (Å²) in [6, 6.07) is 12.6. The molecule has 1 amide bonds. The minimum absolute atomic E-state index is 0.00373. The lowest BCUT2D eigenvalue weighted by molar-refractivity contribution is -0.274. The van der Waals surface area contributed by atoms with Gasteiger partial charge in [0.15, 0.2) is 0 Å². The van der Waals surface area contributed by atoms with Crippen molar-refractivity contribution in [3.8, 4) is 16.9 Å². The predicted octanol–water partition coefficient (Wildman–Crippen LogP) is 5.00. The van der Waals surface area contributed by atoms with Crippen molar-refractivity contribution in [3.63, 3.8) is 0 Å². The molecule has 39 heavy (non-hydrogen) atoms. The number of sulfonamides is 1. The second-order valence-corrected chi connectivity index (χ2v) is 10.7. The average molecular weight is 564 g/mol. The molecule has 1 aliphatic rings. The summed E-state index contributed by atoms with van der Waals surface area (Å²) in [4.78, 5) is 17.2. The number of nitrogens with zero attached hydrogens (tertiary/aromatic N) is 2. The van der Waals surface area contributed by atoms with Crippen LogP contribution in [0.5, 0.6) is 5.75 Å². The quantitative estimate of drug-likeness (QED) is 0.318. The molecule has 0 radical (unpaired) electrons. The molecule has 3 heterocycles. The first kappa shape index (κ1) is 26.6. The highest BCUT2D eigenvalue weighted by Gasteiger charge is 2.41. The standard InChI is InChI=1S/C26H21F4N3O5S/c27-19-5-8-23-18(12-19)14-24(37-23)39(35,36)33-11-1-2-22(33)25(34)32-15-20-13-17(9-10-31-20)16-3-6-21(7-4-16)38-26(28,29)30/h3-10,12-14,22H,1-2,11,15H2,(H,32,34). The maximum absolute atomic E-state index is 13.5. The van der Waals surface area contributed by atoms with Crippen LogP contribution in [-0.4, -0.2) is 42.6 Å². The molecule has 1 fully saturated rings. The van der Waals surface area contributed by atoms with Crippen LogP contribution in [0.1, 0.15) is 18.5 Å². The van der Waals surface area contributed by atoms with Gasteiger partial charge in [-0.25, -0.2) is 12.8 Å². The summed E-state index contributed by atoms with van der Waals surface area (Å²) in [5.41, 5.74) is 1.93. The van der Waals surface area contributed by atoms with Gasteiger partial charge in [0.1, 0.15) is 23.2 Å².